The van der Waals surface area contributed by atoms with E-state index in [-0.39, 0.29) is 27.5 Å². The van der Waals surface area contributed by atoms with E-state index in [9.17, 15) is 27.2 Å². The van der Waals surface area contributed by atoms with Gasteiger partial charge in [-0.25, -0.2) is 17.6 Å². The molecule has 1 saturated carbocycles. The highest BCUT2D eigenvalue weighted by atomic mass is 35.5. The van der Waals surface area contributed by atoms with E-state index in [4.69, 9.17) is 34.8 Å². The summed E-state index contributed by atoms with van der Waals surface area (Å²) in [6.07, 6.45) is -2.63. The van der Waals surface area contributed by atoms with Crippen LogP contribution >= 0.6 is 34.8 Å². The maximum Gasteiger partial charge on any atom is 0.263 e. The minimum absolute atomic E-state index is 0.0236. The van der Waals surface area contributed by atoms with Gasteiger partial charge in [-0.15, -0.1) is 23.2 Å². The minimum Gasteiger partial charge on any atom is -0.326 e. The Bertz CT molecular complexity index is 1300. The standard InChI is InChI=1S/C24H15Cl3F4N2O2/c25-16-7-6-14(10-15(16)22(34)33-18-8-5-13(28)9-17(18)29)32-23(35)20-19(24(20,26)27)11-1-3-12(4-2-11)21(30)31/h1-10,19-21H,(H,32,35)(H,33,34)/t19-,20+/m1/s1. The van der Waals surface area contributed by atoms with Crippen molar-refractivity contribution in [1.29, 1.82) is 0 Å². The lowest BCUT2D eigenvalue weighted by Gasteiger charge is -2.11. The first kappa shape index (κ1) is 25.3. The molecule has 0 radical (unpaired) electrons. The van der Waals surface area contributed by atoms with Crippen molar-refractivity contribution in [2.75, 3.05) is 10.6 Å². The molecule has 0 aromatic heterocycles. The highest BCUT2D eigenvalue weighted by Gasteiger charge is 2.67. The summed E-state index contributed by atoms with van der Waals surface area (Å²) in [4.78, 5) is 25.5. The van der Waals surface area contributed by atoms with Crippen molar-refractivity contribution in [3.8, 4) is 0 Å². The number of amides is 2. The first-order valence-corrected chi connectivity index (χ1v) is 11.2. The van der Waals surface area contributed by atoms with Crippen LogP contribution < -0.4 is 10.6 Å². The third-order valence-electron chi connectivity index (χ3n) is 5.54. The maximum atomic E-state index is 13.9. The molecule has 2 N–H and O–H groups in total. The molecule has 182 valence electrons. The average molecular weight is 546 g/mol. The lowest BCUT2D eigenvalue weighted by Crippen LogP contribution is -2.18. The molecule has 0 spiro atoms. The SMILES string of the molecule is O=C(Nc1ccc(F)cc1F)c1cc(NC(=O)[C@@H]2[C@@H](c3ccc(C(F)F)cc3)C2(Cl)Cl)ccc1Cl. The fourth-order valence-corrected chi connectivity index (χ4v) is 4.73. The number of nitrogens with one attached hydrogen (secondary N) is 2. The van der Waals surface area contributed by atoms with E-state index in [1.165, 1.54) is 42.5 Å². The Morgan fingerprint density at radius 2 is 1.60 bits per heavy atom. The van der Waals surface area contributed by atoms with Gasteiger partial charge < -0.3 is 10.6 Å². The third kappa shape index (κ3) is 5.24. The summed E-state index contributed by atoms with van der Waals surface area (Å²) in [7, 11) is 0. The number of hydrogen-bond acceptors (Lipinski definition) is 2. The molecule has 1 fully saturated rings. The lowest BCUT2D eigenvalue weighted by molar-refractivity contribution is -0.117. The van der Waals surface area contributed by atoms with Crippen LogP contribution in [0.5, 0.6) is 0 Å². The van der Waals surface area contributed by atoms with Gasteiger partial charge in [-0.05, 0) is 35.9 Å². The van der Waals surface area contributed by atoms with Crippen molar-refractivity contribution in [2.24, 2.45) is 5.92 Å². The quantitative estimate of drug-likeness (QED) is 0.252. The fraction of sp³-hybridized carbons (Fsp3) is 0.167. The van der Waals surface area contributed by atoms with Crippen molar-refractivity contribution >= 4 is 58.0 Å². The van der Waals surface area contributed by atoms with E-state index in [1.807, 2.05) is 0 Å². The highest BCUT2D eigenvalue weighted by Crippen LogP contribution is 2.65. The van der Waals surface area contributed by atoms with E-state index in [0.717, 1.165) is 12.1 Å². The number of hydrogen-bond donors (Lipinski definition) is 2. The van der Waals surface area contributed by atoms with Crippen LogP contribution in [-0.4, -0.2) is 16.1 Å². The Hall–Kier alpha value is -2.81. The van der Waals surface area contributed by atoms with Gasteiger partial charge in [-0.3, -0.25) is 9.59 Å². The van der Waals surface area contributed by atoms with Crippen LogP contribution in [0.25, 0.3) is 0 Å². The summed E-state index contributed by atoms with van der Waals surface area (Å²) in [6, 6.07) is 12.1. The molecule has 0 bridgehead atoms. The van der Waals surface area contributed by atoms with Crippen LogP contribution in [0.4, 0.5) is 28.9 Å². The summed E-state index contributed by atoms with van der Waals surface area (Å²) in [5.74, 6) is -4.64. The molecule has 0 aliphatic heterocycles. The van der Waals surface area contributed by atoms with Crippen molar-refractivity contribution < 1.29 is 27.2 Å². The molecule has 1 aliphatic carbocycles. The zero-order valence-corrected chi connectivity index (χ0v) is 19.7. The Balaban J connectivity index is 1.49. The zero-order valence-electron chi connectivity index (χ0n) is 17.5. The summed E-state index contributed by atoms with van der Waals surface area (Å²) >= 11 is 18.7. The van der Waals surface area contributed by atoms with Crippen molar-refractivity contribution in [1.82, 2.24) is 0 Å². The van der Waals surface area contributed by atoms with Crippen LogP contribution in [-0.2, 0) is 4.79 Å². The molecule has 4 rings (SSSR count). The van der Waals surface area contributed by atoms with Gasteiger partial charge in [0.25, 0.3) is 12.3 Å². The first-order chi connectivity index (χ1) is 16.5. The fourth-order valence-electron chi connectivity index (χ4n) is 3.69. The smallest absolute Gasteiger partial charge is 0.263 e. The monoisotopic (exact) mass is 544 g/mol. The maximum absolute atomic E-state index is 13.9. The predicted octanol–water partition coefficient (Wildman–Crippen LogP) is 7.33. The summed E-state index contributed by atoms with van der Waals surface area (Å²) in [5.41, 5.74) is 0.211. The second-order valence-corrected chi connectivity index (χ2v) is 9.71. The van der Waals surface area contributed by atoms with Gasteiger partial charge in [-0.1, -0.05) is 35.9 Å². The highest BCUT2D eigenvalue weighted by molar-refractivity contribution is 6.53. The summed E-state index contributed by atoms with van der Waals surface area (Å²) < 4.78 is 51.1. The molecule has 3 aromatic rings. The van der Waals surface area contributed by atoms with Crippen LogP contribution in [0, 0.1) is 17.6 Å². The first-order valence-electron chi connectivity index (χ1n) is 10.1. The molecule has 3 aromatic carbocycles. The number of alkyl halides is 4. The van der Waals surface area contributed by atoms with Crippen molar-refractivity contribution in [2.45, 2.75) is 16.7 Å². The number of rotatable bonds is 6. The molecular formula is C24H15Cl3F4N2O2. The largest absolute Gasteiger partial charge is 0.326 e. The molecule has 11 heteroatoms. The van der Waals surface area contributed by atoms with E-state index in [1.54, 1.807) is 0 Å². The summed E-state index contributed by atoms with van der Waals surface area (Å²) in [6.45, 7) is 0. The number of carbonyl (C=O) groups excluding carboxylic acids is 2. The van der Waals surface area contributed by atoms with E-state index < -0.39 is 46.0 Å². The average Bonchev–Trinajstić information content (AvgIpc) is 3.38. The van der Waals surface area contributed by atoms with Gasteiger partial charge in [0.05, 0.1) is 22.2 Å². The molecule has 1 aliphatic rings. The summed E-state index contributed by atoms with van der Waals surface area (Å²) in [5, 5.41) is 4.92. The molecule has 4 nitrogen and oxygen atoms in total. The van der Waals surface area contributed by atoms with E-state index >= 15 is 0 Å². The van der Waals surface area contributed by atoms with Crippen molar-refractivity contribution in [3.63, 3.8) is 0 Å². The van der Waals surface area contributed by atoms with Crippen LogP contribution in [0.1, 0.15) is 33.8 Å². The molecule has 35 heavy (non-hydrogen) atoms. The molecule has 2 atom stereocenters. The normalized spacial score (nSPS) is 18.3. The van der Waals surface area contributed by atoms with Crippen LogP contribution in [0.15, 0.2) is 60.7 Å². The molecule has 0 saturated heterocycles. The topological polar surface area (TPSA) is 58.2 Å². The van der Waals surface area contributed by atoms with Gasteiger partial charge in [0.1, 0.15) is 16.0 Å². The Kier molecular flexibility index (Phi) is 6.99. The zero-order chi connectivity index (χ0) is 25.5. The molecule has 0 heterocycles. The van der Waals surface area contributed by atoms with Gasteiger partial charge >= 0.3 is 0 Å². The third-order valence-corrected chi connectivity index (χ3v) is 6.81. The number of anilines is 2. The Morgan fingerprint density at radius 1 is 0.914 bits per heavy atom. The number of carbonyl (C=O) groups is 2. The van der Waals surface area contributed by atoms with Gasteiger partial charge in [0.2, 0.25) is 5.91 Å². The predicted molar refractivity (Wildman–Crippen MR) is 126 cm³/mol. The van der Waals surface area contributed by atoms with E-state index in [2.05, 4.69) is 10.6 Å². The van der Waals surface area contributed by atoms with Crippen LogP contribution in [0.2, 0.25) is 5.02 Å². The number of benzene rings is 3. The number of halogens is 7. The second-order valence-electron chi connectivity index (χ2n) is 7.86. The molecule has 2 amide bonds. The van der Waals surface area contributed by atoms with Gasteiger partial charge in [0, 0.05) is 23.2 Å². The van der Waals surface area contributed by atoms with Gasteiger partial charge in [0.15, 0.2) is 0 Å². The van der Waals surface area contributed by atoms with Crippen molar-refractivity contribution in [3.05, 3.63) is 94.0 Å². The second kappa shape index (κ2) is 9.68. The Labute approximate surface area is 212 Å². The molecular weight excluding hydrogens is 531 g/mol. The van der Waals surface area contributed by atoms with Crippen LogP contribution in [0.3, 0.4) is 0 Å². The Morgan fingerprint density at radius 3 is 2.23 bits per heavy atom. The van der Waals surface area contributed by atoms with E-state index in [0.29, 0.717) is 11.6 Å². The minimum atomic E-state index is -2.63. The lowest BCUT2D eigenvalue weighted by atomic mass is 10.1. The van der Waals surface area contributed by atoms with Gasteiger partial charge in [-0.2, -0.15) is 0 Å². The molecule has 0 unspecified atom stereocenters.